The van der Waals surface area contributed by atoms with Crippen LogP contribution in [0.3, 0.4) is 0 Å². The SMILES string of the molecule is CCOC(=O)CC#Cc1c[nH]c2ncnc(N)c12. The van der Waals surface area contributed by atoms with Crippen LogP contribution in [0.2, 0.25) is 0 Å². The van der Waals surface area contributed by atoms with Gasteiger partial charge in [-0.2, -0.15) is 0 Å². The number of carbonyl (C=O) groups is 1. The van der Waals surface area contributed by atoms with Crippen LogP contribution >= 0.6 is 0 Å². The lowest BCUT2D eigenvalue weighted by molar-refractivity contribution is -0.141. The van der Waals surface area contributed by atoms with Crippen molar-refractivity contribution in [1.82, 2.24) is 15.0 Å². The van der Waals surface area contributed by atoms with E-state index in [-0.39, 0.29) is 12.4 Å². The van der Waals surface area contributed by atoms with E-state index < -0.39 is 0 Å². The van der Waals surface area contributed by atoms with E-state index >= 15 is 0 Å². The lowest BCUT2D eigenvalue weighted by atomic mass is 10.2. The minimum Gasteiger partial charge on any atom is -0.465 e. The Morgan fingerprint density at radius 1 is 1.56 bits per heavy atom. The number of hydrogen-bond donors (Lipinski definition) is 2. The summed E-state index contributed by atoms with van der Waals surface area (Å²) in [6.45, 7) is 2.11. The van der Waals surface area contributed by atoms with Crippen molar-refractivity contribution in [2.24, 2.45) is 0 Å². The van der Waals surface area contributed by atoms with E-state index in [2.05, 4.69) is 26.8 Å². The number of anilines is 1. The molecule has 0 aliphatic carbocycles. The molecular weight excluding hydrogens is 232 g/mol. The number of hydrogen-bond acceptors (Lipinski definition) is 5. The van der Waals surface area contributed by atoms with Crippen LogP contribution in [0, 0.1) is 11.8 Å². The summed E-state index contributed by atoms with van der Waals surface area (Å²) in [6.07, 6.45) is 3.12. The van der Waals surface area contributed by atoms with Crippen LogP contribution < -0.4 is 5.73 Å². The Balaban J connectivity index is 2.23. The van der Waals surface area contributed by atoms with E-state index in [0.717, 1.165) is 0 Å². The highest BCUT2D eigenvalue weighted by atomic mass is 16.5. The number of carbonyl (C=O) groups excluding carboxylic acids is 1. The molecule has 0 aliphatic heterocycles. The van der Waals surface area contributed by atoms with Gasteiger partial charge >= 0.3 is 5.97 Å². The van der Waals surface area contributed by atoms with Gasteiger partial charge in [-0.3, -0.25) is 4.79 Å². The molecule has 2 aromatic rings. The largest absolute Gasteiger partial charge is 0.465 e. The zero-order valence-corrected chi connectivity index (χ0v) is 9.86. The summed E-state index contributed by atoms with van der Waals surface area (Å²) in [5.74, 6) is 5.62. The summed E-state index contributed by atoms with van der Waals surface area (Å²) in [5, 5.41) is 0.675. The van der Waals surface area contributed by atoms with Crippen LogP contribution in [0.5, 0.6) is 0 Å². The van der Waals surface area contributed by atoms with E-state index in [4.69, 9.17) is 10.5 Å². The summed E-state index contributed by atoms with van der Waals surface area (Å²) in [5.41, 5.74) is 7.05. The summed E-state index contributed by atoms with van der Waals surface area (Å²) in [4.78, 5) is 22.0. The molecule has 2 heterocycles. The molecule has 0 unspecified atom stereocenters. The summed E-state index contributed by atoms with van der Waals surface area (Å²) in [7, 11) is 0. The van der Waals surface area contributed by atoms with Crippen LogP contribution in [-0.4, -0.2) is 27.5 Å². The van der Waals surface area contributed by atoms with Crippen LogP contribution in [0.4, 0.5) is 5.82 Å². The number of nitrogens with two attached hydrogens (primary N) is 1. The van der Waals surface area contributed by atoms with Crippen molar-refractivity contribution in [3.8, 4) is 11.8 Å². The average Bonchev–Trinajstić information content (AvgIpc) is 2.74. The lowest BCUT2D eigenvalue weighted by Crippen LogP contribution is -2.01. The predicted molar refractivity (Wildman–Crippen MR) is 66.4 cm³/mol. The fourth-order valence-corrected chi connectivity index (χ4v) is 1.51. The third-order valence-corrected chi connectivity index (χ3v) is 2.26. The van der Waals surface area contributed by atoms with Gasteiger partial charge in [-0.15, -0.1) is 0 Å². The zero-order valence-electron chi connectivity index (χ0n) is 9.86. The summed E-state index contributed by atoms with van der Waals surface area (Å²) < 4.78 is 4.77. The van der Waals surface area contributed by atoms with Crippen LogP contribution in [-0.2, 0) is 9.53 Å². The molecule has 6 heteroatoms. The third kappa shape index (κ3) is 2.40. The topological polar surface area (TPSA) is 93.9 Å². The maximum absolute atomic E-state index is 11.1. The Morgan fingerprint density at radius 3 is 3.17 bits per heavy atom. The van der Waals surface area contributed by atoms with Crippen LogP contribution in [0.1, 0.15) is 18.9 Å². The second-order valence-corrected chi connectivity index (χ2v) is 3.47. The van der Waals surface area contributed by atoms with Gasteiger partial charge in [0.15, 0.2) is 0 Å². The Morgan fingerprint density at radius 2 is 2.39 bits per heavy atom. The average molecular weight is 244 g/mol. The van der Waals surface area contributed by atoms with Crippen molar-refractivity contribution in [3.63, 3.8) is 0 Å². The van der Waals surface area contributed by atoms with Crippen molar-refractivity contribution in [1.29, 1.82) is 0 Å². The van der Waals surface area contributed by atoms with E-state index in [0.29, 0.717) is 29.0 Å². The zero-order chi connectivity index (χ0) is 13.0. The number of ether oxygens (including phenoxy) is 1. The quantitative estimate of drug-likeness (QED) is 0.603. The molecule has 0 fully saturated rings. The number of rotatable bonds is 2. The van der Waals surface area contributed by atoms with Crippen molar-refractivity contribution < 1.29 is 9.53 Å². The Bertz CT molecular complexity index is 636. The van der Waals surface area contributed by atoms with Gasteiger partial charge in [-0.1, -0.05) is 11.8 Å². The van der Waals surface area contributed by atoms with Gasteiger partial charge in [0.1, 0.15) is 24.2 Å². The number of esters is 1. The van der Waals surface area contributed by atoms with Crippen molar-refractivity contribution in [2.75, 3.05) is 12.3 Å². The minimum atomic E-state index is -0.339. The number of aromatic amines is 1. The van der Waals surface area contributed by atoms with Crippen LogP contribution in [0.15, 0.2) is 12.5 Å². The molecule has 0 atom stereocenters. The van der Waals surface area contributed by atoms with Crippen molar-refractivity contribution in [3.05, 3.63) is 18.1 Å². The molecule has 0 spiro atoms. The Labute approximate surface area is 104 Å². The van der Waals surface area contributed by atoms with Gasteiger partial charge in [0, 0.05) is 6.20 Å². The summed E-state index contributed by atoms with van der Waals surface area (Å²) >= 11 is 0. The predicted octanol–water partition coefficient (Wildman–Crippen LogP) is 0.845. The number of nitrogens with zero attached hydrogens (tertiary/aromatic N) is 2. The van der Waals surface area contributed by atoms with Crippen molar-refractivity contribution >= 4 is 22.8 Å². The van der Waals surface area contributed by atoms with Crippen LogP contribution in [0.25, 0.3) is 11.0 Å². The summed E-state index contributed by atoms with van der Waals surface area (Å²) in [6, 6.07) is 0. The highest BCUT2D eigenvalue weighted by molar-refractivity contribution is 5.91. The van der Waals surface area contributed by atoms with Gasteiger partial charge in [-0.05, 0) is 6.92 Å². The molecule has 3 N–H and O–H groups in total. The third-order valence-electron chi connectivity index (χ3n) is 2.26. The van der Waals surface area contributed by atoms with Gasteiger partial charge in [0.25, 0.3) is 0 Å². The van der Waals surface area contributed by atoms with E-state index in [1.807, 2.05) is 0 Å². The van der Waals surface area contributed by atoms with E-state index in [1.54, 1.807) is 13.1 Å². The number of fused-ring (bicyclic) bond motifs is 1. The lowest BCUT2D eigenvalue weighted by Gasteiger charge is -1.95. The molecule has 2 rings (SSSR count). The molecule has 0 amide bonds. The Hall–Kier alpha value is -2.55. The first-order valence-corrected chi connectivity index (χ1v) is 5.44. The highest BCUT2D eigenvalue weighted by Gasteiger charge is 2.06. The first-order valence-electron chi connectivity index (χ1n) is 5.44. The maximum Gasteiger partial charge on any atom is 0.317 e. The molecule has 18 heavy (non-hydrogen) atoms. The first-order chi connectivity index (χ1) is 8.72. The van der Waals surface area contributed by atoms with Gasteiger partial charge in [-0.25, -0.2) is 9.97 Å². The molecule has 0 saturated heterocycles. The number of H-pyrrole nitrogens is 1. The first kappa shape index (κ1) is 11.9. The molecule has 0 aliphatic rings. The van der Waals surface area contributed by atoms with E-state index in [9.17, 15) is 4.79 Å². The molecule has 0 saturated carbocycles. The highest BCUT2D eigenvalue weighted by Crippen LogP contribution is 2.19. The fourth-order valence-electron chi connectivity index (χ4n) is 1.51. The minimum absolute atomic E-state index is 0.0497. The standard InChI is InChI=1S/C12H12N4O2/c1-2-18-9(17)5-3-4-8-6-14-12-10(8)11(13)15-7-16-12/h6-7H,2,5H2,1H3,(H3,13,14,15,16). The molecule has 2 aromatic heterocycles. The number of nitrogen functional groups attached to an aromatic ring is 1. The second-order valence-electron chi connectivity index (χ2n) is 3.47. The van der Waals surface area contributed by atoms with Gasteiger partial charge in [0.2, 0.25) is 0 Å². The smallest absolute Gasteiger partial charge is 0.317 e. The molecule has 0 radical (unpaired) electrons. The van der Waals surface area contributed by atoms with Gasteiger partial charge in [0.05, 0.1) is 17.6 Å². The molecule has 92 valence electrons. The second kappa shape index (κ2) is 5.19. The molecule has 0 aromatic carbocycles. The number of aromatic nitrogens is 3. The fraction of sp³-hybridized carbons (Fsp3) is 0.250. The van der Waals surface area contributed by atoms with Crippen molar-refractivity contribution in [2.45, 2.75) is 13.3 Å². The monoisotopic (exact) mass is 244 g/mol. The van der Waals surface area contributed by atoms with Gasteiger partial charge < -0.3 is 15.5 Å². The van der Waals surface area contributed by atoms with E-state index in [1.165, 1.54) is 6.33 Å². The molecule has 6 nitrogen and oxygen atoms in total. The normalized spacial score (nSPS) is 9.83. The molecular formula is C12H12N4O2. The molecule has 0 bridgehead atoms. The maximum atomic E-state index is 11.1. The number of nitrogens with one attached hydrogen (secondary N) is 1. The Kier molecular flexibility index (Phi) is 3.44.